The van der Waals surface area contributed by atoms with Crippen LogP contribution in [0.4, 0.5) is 0 Å². The van der Waals surface area contributed by atoms with Crippen LogP contribution >= 0.6 is 0 Å². The molecule has 1 atom stereocenters. The minimum Gasteiger partial charge on any atom is -0.497 e. The van der Waals surface area contributed by atoms with Crippen molar-refractivity contribution in [2.24, 2.45) is 0 Å². The molecule has 3 heteroatoms. The van der Waals surface area contributed by atoms with Gasteiger partial charge in [-0.15, -0.1) is 0 Å². The second-order valence-electron chi connectivity index (χ2n) is 6.46. The highest BCUT2D eigenvalue weighted by molar-refractivity contribution is 5.27. The number of aryl methyl sites for hydroxylation is 1. The van der Waals surface area contributed by atoms with Gasteiger partial charge in [0.05, 0.1) is 19.3 Å². The molecule has 1 aromatic rings. The van der Waals surface area contributed by atoms with Crippen LogP contribution in [0.3, 0.4) is 0 Å². The van der Waals surface area contributed by atoms with Crippen molar-refractivity contribution in [3.8, 4) is 5.75 Å². The van der Waals surface area contributed by atoms with Crippen molar-refractivity contribution in [1.29, 1.82) is 0 Å². The molecule has 0 saturated carbocycles. The van der Waals surface area contributed by atoms with Crippen molar-refractivity contribution in [2.45, 2.75) is 58.6 Å². The van der Waals surface area contributed by atoms with Gasteiger partial charge in [-0.05, 0) is 64.3 Å². The highest BCUT2D eigenvalue weighted by Gasteiger charge is 2.15. The maximum Gasteiger partial charge on any atom is 0.118 e. The van der Waals surface area contributed by atoms with Gasteiger partial charge in [0, 0.05) is 6.04 Å². The van der Waals surface area contributed by atoms with Gasteiger partial charge in [0.15, 0.2) is 0 Å². The smallest absolute Gasteiger partial charge is 0.118 e. The molecular formula is C18H31NO2. The lowest BCUT2D eigenvalue weighted by Crippen LogP contribution is -2.37. The summed E-state index contributed by atoms with van der Waals surface area (Å²) in [6.45, 7) is 10.3. The van der Waals surface area contributed by atoms with Gasteiger partial charge < -0.3 is 14.8 Å². The molecule has 0 fully saturated rings. The average molecular weight is 293 g/mol. The van der Waals surface area contributed by atoms with E-state index in [0.717, 1.165) is 38.2 Å². The summed E-state index contributed by atoms with van der Waals surface area (Å²) in [6, 6.07) is 8.73. The van der Waals surface area contributed by atoms with Crippen molar-refractivity contribution < 1.29 is 9.47 Å². The fraction of sp³-hybridized carbons (Fsp3) is 0.667. The lowest BCUT2D eigenvalue weighted by molar-refractivity contribution is -0.0153. The van der Waals surface area contributed by atoms with E-state index in [0.29, 0.717) is 6.04 Å². The maximum absolute atomic E-state index is 5.93. The van der Waals surface area contributed by atoms with Gasteiger partial charge in [-0.25, -0.2) is 0 Å². The predicted octanol–water partition coefficient (Wildman–Crippen LogP) is 3.81. The summed E-state index contributed by atoms with van der Waals surface area (Å²) in [5.41, 5.74) is 1.27. The summed E-state index contributed by atoms with van der Waals surface area (Å²) >= 11 is 0. The number of ether oxygens (including phenoxy) is 2. The van der Waals surface area contributed by atoms with Crippen molar-refractivity contribution in [3.63, 3.8) is 0 Å². The largest absolute Gasteiger partial charge is 0.497 e. The molecular weight excluding hydrogens is 262 g/mol. The third kappa shape index (κ3) is 8.08. The standard InChI is InChI=1S/C18H31NO2/c1-6-13-19-16(14-21-18(2,3)4)10-7-15-8-11-17(20-5)12-9-15/h8-9,11-12,16,19H,6-7,10,13-14H2,1-5H3. The first-order valence-electron chi connectivity index (χ1n) is 7.95. The van der Waals surface area contributed by atoms with E-state index in [-0.39, 0.29) is 5.60 Å². The van der Waals surface area contributed by atoms with Crippen LogP contribution in [-0.2, 0) is 11.2 Å². The minimum absolute atomic E-state index is 0.0771. The topological polar surface area (TPSA) is 30.5 Å². The Labute approximate surface area is 130 Å². The van der Waals surface area contributed by atoms with Crippen LogP contribution in [0, 0.1) is 0 Å². The summed E-state index contributed by atoms with van der Waals surface area (Å²) in [7, 11) is 1.70. The molecule has 21 heavy (non-hydrogen) atoms. The number of nitrogens with one attached hydrogen (secondary N) is 1. The molecule has 0 spiro atoms. The van der Waals surface area contributed by atoms with E-state index in [4.69, 9.17) is 9.47 Å². The molecule has 3 nitrogen and oxygen atoms in total. The van der Waals surface area contributed by atoms with Crippen molar-refractivity contribution in [3.05, 3.63) is 29.8 Å². The zero-order valence-electron chi connectivity index (χ0n) is 14.2. The van der Waals surface area contributed by atoms with Crippen LogP contribution in [-0.4, -0.2) is 31.9 Å². The van der Waals surface area contributed by atoms with E-state index >= 15 is 0 Å². The van der Waals surface area contributed by atoms with Gasteiger partial charge in [-0.3, -0.25) is 0 Å². The molecule has 1 rings (SSSR count). The fourth-order valence-electron chi connectivity index (χ4n) is 2.08. The lowest BCUT2D eigenvalue weighted by atomic mass is 10.0. The minimum atomic E-state index is -0.0771. The Morgan fingerprint density at radius 3 is 2.33 bits per heavy atom. The normalized spacial score (nSPS) is 13.2. The Balaban J connectivity index is 2.46. The predicted molar refractivity (Wildman–Crippen MR) is 89.1 cm³/mol. The van der Waals surface area contributed by atoms with Crippen LogP contribution in [0.1, 0.15) is 46.1 Å². The number of hydrogen-bond donors (Lipinski definition) is 1. The highest BCUT2D eigenvalue weighted by Crippen LogP contribution is 2.14. The number of rotatable bonds is 9. The van der Waals surface area contributed by atoms with Gasteiger partial charge >= 0.3 is 0 Å². The maximum atomic E-state index is 5.93. The fourth-order valence-corrected chi connectivity index (χ4v) is 2.08. The zero-order chi connectivity index (χ0) is 15.7. The van der Waals surface area contributed by atoms with Crippen molar-refractivity contribution in [1.82, 2.24) is 5.32 Å². The van der Waals surface area contributed by atoms with Gasteiger partial charge in [-0.1, -0.05) is 19.1 Å². The summed E-state index contributed by atoms with van der Waals surface area (Å²) in [5.74, 6) is 0.912. The Morgan fingerprint density at radius 2 is 1.81 bits per heavy atom. The third-order valence-electron chi connectivity index (χ3n) is 3.34. The summed E-state index contributed by atoms with van der Waals surface area (Å²) in [5, 5.41) is 3.59. The molecule has 0 heterocycles. The molecule has 0 bridgehead atoms. The van der Waals surface area contributed by atoms with Crippen LogP contribution < -0.4 is 10.1 Å². The molecule has 0 aromatic heterocycles. The molecule has 0 aliphatic rings. The molecule has 0 aliphatic carbocycles. The molecule has 0 saturated heterocycles. The van der Waals surface area contributed by atoms with E-state index < -0.39 is 0 Å². The van der Waals surface area contributed by atoms with Crippen molar-refractivity contribution >= 4 is 0 Å². The van der Waals surface area contributed by atoms with Crippen LogP contribution in [0.2, 0.25) is 0 Å². The second-order valence-corrected chi connectivity index (χ2v) is 6.46. The number of methoxy groups -OCH3 is 1. The highest BCUT2D eigenvalue weighted by atomic mass is 16.5. The molecule has 120 valence electrons. The summed E-state index contributed by atoms with van der Waals surface area (Å²) in [6.07, 6.45) is 3.29. The Hall–Kier alpha value is -1.06. The van der Waals surface area contributed by atoms with Gasteiger partial charge in [0.1, 0.15) is 5.75 Å². The first-order chi connectivity index (χ1) is 9.94. The molecule has 1 unspecified atom stereocenters. The van der Waals surface area contributed by atoms with Crippen molar-refractivity contribution in [2.75, 3.05) is 20.3 Å². The van der Waals surface area contributed by atoms with Gasteiger partial charge in [0.2, 0.25) is 0 Å². The van der Waals surface area contributed by atoms with E-state index in [9.17, 15) is 0 Å². The molecule has 1 N–H and O–H groups in total. The Bertz CT molecular complexity index is 381. The summed E-state index contributed by atoms with van der Waals surface area (Å²) in [4.78, 5) is 0. The quantitative estimate of drug-likeness (QED) is 0.751. The van der Waals surface area contributed by atoms with E-state index in [1.165, 1.54) is 5.56 Å². The molecule has 1 aromatic carbocycles. The van der Waals surface area contributed by atoms with Crippen LogP contribution in [0.25, 0.3) is 0 Å². The first-order valence-corrected chi connectivity index (χ1v) is 7.95. The zero-order valence-corrected chi connectivity index (χ0v) is 14.2. The number of hydrogen-bond acceptors (Lipinski definition) is 3. The van der Waals surface area contributed by atoms with Gasteiger partial charge in [-0.2, -0.15) is 0 Å². The molecule has 0 aliphatic heterocycles. The van der Waals surface area contributed by atoms with Gasteiger partial charge in [0.25, 0.3) is 0 Å². The summed E-state index contributed by atoms with van der Waals surface area (Å²) < 4.78 is 11.1. The Kier molecular flexibility index (Phi) is 7.76. The third-order valence-corrected chi connectivity index (χ3v) is 3.34. The SMILES string of the molecule is CCCNC(CCc1ccc(OC)cc1)COC(C)(C)C. The van der Waals surface area contributed by atoms with Crippen LogP contribution in [0.15, 0.2) is 24.3 Å². The van der Waals surface area contributed by atoms with E-state index in [2.05, 4.69) is 45.1 Å². The van der Waals surface area contributed by atoms with E-state index in [1.807, 2.05) is 12.1 Å². The number of benzene rings is 1. The molecule has 0 radical (unpaired) electrons. The Morgan fingerprint density at radius 1 is 1.14 bits per heavy atom. The second kappa shape index (κ2) is 9.06. The van der Waals surface area contributed by atoms with E-state index in [1.54, 1.807) is 7.11 Å². The lowest BCUT2D eigenvalue weighted by Gasteiger charge is -2.25. The first kappa shape index (κ1) is 18.0. The van der Waals surface area contributed by atoms with Crippen LogP contribution in [0.5, 0.6) is 5.75 Å². The molecule has 0 amide bonds. The average Bonchev–Trinajstić information content (AvgIpc) is 2.46. The monoisotopic (exact) mass is 293 g/mol.